The maximum atomic E-state index is 8.89. The lowest BCUT2D eigenvalue weighted by molar-refractivity contribution is -0.0999. The van der Waals surface area contributed by atoms with Crippen LogP contribution in [0.5, 0.6) is 11.5 Å². The Bertz CT molecular complexity index is 1160. The van der Waals surface area contributed by atoms with Gasteiger partial charge >= 0.3 is 0 Å². The molecule has 0 aliphatic rings. The number of benzene rings is 4. The van der Waals surface area contributed by atoms with E-state index in [1.165, 1.54) is 0 Å². The zero-order chi connectivity index (χ0) is 20.6. The van der Waals surface area contributed by atoms with Gasteiger partial charge in [0.05, 0.1) is 17.3 Å². The zero-order valence-electron chi connectivity index (χ0n) is 16.1. The van der Waals surface area contributed by atoms with E-state index >= 15 is 0 Å². The molecule has 4 aromatic carbocycles. The Balaban J connectivity index is 1.34. The van der Waals surface area contributed by atoms with Crippen LogP contribution >= 0.6 is 0 Å². The average Bonchev–Trinajstić information content (AvgIpc) is 2.83. The van der Waals surface area contributed by atoms with E-state index in [9.17, 15) is 0 Å². The standard InChI is InChI=1S/C26H18N2O2/c27-18-20-6-10-22(11-7-20)23-12-16-26(17-13-23)30-29-25-14-8-21(9-15-25)19-28-24-4-2-1-3-5-24/h1-17,19H. The third-order valence-electron chi connectivity index (χ3n) is 4.43. The first-order valence-corrected chi connectivity index (χ1v) is 9.44. The maximum absolute atomic E-state index is 8.89. The largest absolute Gasteiger partial charge is 0.290 e. The molecule has 0 aliphatic heterocycles. The SMILES string of the molecule is N#Cc1ccc(-c2ccc(OOc3ccc(C=Nc4ccccc4)cc3)cc2)cc1. The summed E-state index contributed by atoms with van der Waals surface area (Å²) in [7, 11) is 0. The minimum Gasteiger partial charge on any atom is -0.290 e. The van der Waals surface area contributed by atoms with Gasteiger partial charge in [-0.05, 0) is 77.4 Å². The minimum absolute atomic E-state index is 0.599. The summed E-state index contributed by atoms with van der Waals surface area (Å²) in [5.74, 6) is 1.20. The second kappa shape index (κ2) is 9.22. The van der Waals surface area contributed by atoms with Crippen molar-refractivity contribution in [2.45, 2.75) is 0 Å². The molecule has 4 heteroatoms. The van der Waals surface area contributed by atoms with Gasteiger partial charge in [-0.25, -0.2) is 0 Å². The predicted octanol–water partition coefficient (Wildman–Crippen LogP) is 6.35. The maximum Gasteiger partial charge on any atom is 0.178 e. The van der Waals surface area contributed by atoms with Crippen molar-refractivity contribution in [2.75, 3.05) is 0 Å². The minimum atomic E-state index is 0.599. The molecule has 0 spiro atoms. The molecule has 0 heterocycles. The Kier molecular flexibility index (Phi) is 5.83. The average molecular weight is 390 g/mol. The highest BCUT2D eigenvalue weighted by molar-refractivity contribution is 5.82. The summed E-state index contributed by atoms with van der Waals surface area (Å²) >= 11 is 0. The van der Waals surface area contributed by atoms with Crippen molar-refractivity contribution in [1.82, 2.24) is 0 Å². The Morgan fingerprint density at radius 2 is 1.17 bits per heavy atom. The molecule has 0 atom stereocenters. The fraction of sp³-hybridized carbons (Fsp3) is 0. The number of para-hydroxylation sites is 1. The van der Waals surface area contributed by atoms with E-state index in [0.29, 0.717) is 17.1 Å². The third-order valence-corrected chi connectivity index (χ3v) is 4.43. The summed E-state index contributed by atoms with van der Waals surface area (Å²) in [5, 5.41) is 8.89. The Morgan fingerprint density at radius 3 is 1.73 bits per heavy atom. The molecule has 4 rings (SSSR count). The second-order valence-corrected chi connectivity index (χ2v) is 6.54. The summed E-state index contributed by atoms with van der Waals surface area (Å²) in [5.41, 5.74) is 4.59. The van der Waals surface area contributed by atoms with Crippen LogP contribution in [0.4, 0.5) is 5.69 Å². The topological polar surface area (TPSA) is 54.6 Å². The smallest absolute Gasteiger partial charge is 0.178 e. The van der Waals surface area contributed by atoms with E-state index in [1.807, 2.05) is 97.2 Å². The van der Waals surface area contributed by atoms with Crippen LogP contribution in [-0.4, -0.2) is 6.21 Å². The van der Waals surface area contributed by atoms with E-state index in [0.717, 1.165) is 22.4 Å². The van der Waals surface area contributed by atoms with Gasteiger partial charge in [0.25, 0.3) is 0 Å². The van der Waals surface area contributed by atoms with E-state index in [4.69, 9.17) is 15.0 Å². The van der Waals surface area contributed by atoms with Gasteiger partial charge in [0.1, 0.15) is 0 Å². The van der Waals surface area contributed by atoms with Crippen LogP contribution < -0.4 is 9.78 Å². The number of rotatable bonds is 6. The van der Waals surface area contributed by atoms with Crippen LogP contribution in [0.1, 0.15) is 11.1 Å². The molecule has 144 valence electrons. The molecule has 0 saturated heterocycles. The highest BCUT2D eigenvalue weighted by atomic mass is 17.2. The van der Waals surface area contributed by atoms with Gasteiger partial charge in [-0.3, -0.25) is 14.8 Å². The number of hydrogen-bond donors (Lipinski definition) is 0. The number of hydrogen-bond acceptors (Lipinski definition) is 4. The summed E-state index contributed by atoms with van der Waals surface area (Å²) in [6.45, 7) is 0. The summed E-state index contributed by atoms with van der Waals surface area (Å²) in [4.78, 5) is 15.2. The first kappa shape index (κ1) is 19.0. The summed E-state index contributed by atoms with van der Waals surface area (Å²) < 4.78 is 0. The first-order chi connectivity index (χ1) is 14.8. The molecule has 0 bridgehead atoms. The summed E-state index contributed by atoms with van der Waals surface area (Å²) in [6.07, 6.45) is 1.81. The Morgan fingerprint density at radius 1 is 0.633 bits per heavy atom. The Hall–Kier alpha value is -4.36. The van der Waals surface area contributed by atoms with E-state index in [2.05, 4.69) is 11.1 Å². The van der Waals surface area contributed by atoms with E-state index < -0.39 is 0 Å². The number of nitriles is 1. The quantitative estimate of drug-likeness (QED) is 0.219. The summed E-state index contributed by atoms with van der Waals surface area (Å²) in [6, 6.07) is 34.4. The highest BCUT2D eigenvalue weighted by Crippen LogP contribution is 2.23. The zero-order valence-corrected chi connectivity index (χ0v) is 16.1. The first-order valence-electron chi connectivity index (χ1n) is 9.44. The second-order valence-electron chi connectivity index (χ2n) is 6.54. The van der Waals surface area contributed by atoms with Crippen molar-refractivity contribution < 1.29 is 9.78 Å². The van der Waals surface area contributed by atoms with E-state index in [-0.39, 0.29) is 0 Å². The molecular weight excluding hydrogens is 372 g/mol. The van der Waals surface area contributed by atoms with Crippen molar-refractivity contribution in [3.05, 3.63) is 114 Å². The molecular formula is C26H18N2O2. The molecule has 0 aromatic heterocycles. The van der Waals surface area contributed by atoms with Gasteiger partial charge < -0.3 is 0 Å². The van der Waals surface area contributed by atoms with Crippen molar-refractivity contribution in [3.63, 3.8) is 0 Å². The fourth-order valence-corrected chi connectivity index (χ4v) is 2.81. The van der Waals surface area contributed by atoms with Crippen LogP contribution in [0.15, 0.2) is 108 Å². The third kappa shape index (κ3) is 4.92. The van der Waals surface area contributed by atoms with Gasteiger partial charge in [-0.1, -0.05) is 42.5 Å². The van der Waals surface area contributed by atoms with Gasteiger partial charge in [0.2, 0.25) is 0 Å². The Labute approximate surface area is 175 Å². The molecule has 30 heavy (non-hydrogen) atoms. The lowest BCUT2D eigenvalue weighted by Gasteiger charge is -2.07. The lowest BCUT2D eigenvalue weighted by Crippen LogP contribution is -2.00. The van der Waals surface area contributed by atoms with Gasteiger partial charge in [-0.15, -0.1) is 0 Å². The molecule has 0 fully saturated rings. The number of aliphatic imine (C=N–C) groups is 1. The lowest BCUT2D eigenvalue weighted by atomic mass is 10.0. The molecule has 4 aromatic rings. The molecule has 0 N–H and O–H groups in total. The predicted molar refractivity (Wildman–Crippen MR) is 118 cm³/mol. The van der Waals surface area contributed by atoms with Crippen LogP contribution in [-0.2, 0) is 0 Å². The monoisotopic (exact) mass is 390 g/mol. The van der Waals surface area contributed by atoms with Gasteiger partial charge in [0, 0.05) is 6.21 Å². The van der Waals surface area contributed by atoms with Crippen LogP contribution in [0.2, 0.25) is 0 Å². The fourth-order valence-electron chi connectivity index (χ4n) is 2.81. The van der Waals surface area contributed by atoms with Gasteiger partial charge in [0.15, 0.2) is 11.5 Å². The molecule has 4 nitrogen and oxygen atoms in total. The molecule has 0 saturated carbocycles. The van der Waals surface area contributed by atoms with Crippen LogP contribution in [0.3, 0.4) is 0 Å². The molecule has 0 radical (unpaired) electrons. The van der Waals surface area contributed by atoms with E-state index in [1.54, 1.807) is 12.1 Å². The van der Waals surface area contributed by atoms with Crippen molar-refractivity contribution in [3.8, 4) is 28.7 Å². The molecule has 0 aliphatic carbocycles. The van der Waals surface area contributed by atoms with Crippen molar-refractivity contribution in [2.24, 2.45) is 4.99 Å². The number of nitrogens with zero attached hydrogens (tertiary/aromatic N) is 2. The van der Waals surface area contributed by atoms with Crippen molar-refractivity contribution in [1.29, 1.82) is 5.26 Å². The van der Waals surface area contributed by atoms with Crippen molar-refractivity contribution >= 4 is 11.9 Å². The van der Waals surface area contributed by atoms with Crippen LogP contribution in [0, 0.1) is 11.3 Å². The normalized spacial score (nSPS) is 10.5. The molecule has 0 unspecified atom stereocenters. The van der Waals surface area contributed by atoms with Gasteiger partial charge in [-0.2, -0.15) is 5.26 Å². The highest BCUT2D eigenvalue weighted by Gasteiger charge is 2.02. The molecule has 0 amide bonds. The van der Waals surface area contributed by atoms with Crippen LogP contribution in [0.25, 0.3) is 11.1 Å².